The third kappa shape index (κ3) is 7.43. The van der Waals surface area contributed by atoms with Crippen LogP contribution >= 0.6 is 0 Å². The summed E-state index contributed by atoms with van der Waals surface area (Å²) in [7, 11) is -8.93. The summed E-state index contributed by atoms with van der Waals surface area (Å²) in [6.45, 7) is 47.3. The lowest BCUT2D eigenvalue weighted by atomic mass is 10.0. The Kier molecular flexibility index (Phi) is 9.41. The van der Waals surface area contributed by atoms with Gasteiger partial charge in [0.05, 0.1) is 0 Å². The minimum Gasteiger partial charge on any atom is -0.399 e. The highest BCUT2D eigenvalue weighted by Crippen LogP contribution is 2.51. The van der Waals surface area contributed by atoms with Crippen LogP contribution in [0.25, 0.3) is 0 Å². The van der Waals surface area contributed by atoms with E-state index in [1.165, 1.54) is 0 Å². The van der Waals surface area contributed by atoms with Gasteiger partial charge < -0.3 is 5.73 Å². The lowest BCUT2D eigenvalue weighted by Crippen LogP contribution is -2.53. The van der Waals surface area contributed by atoms with Crippen molar-refractivity contribution < 1.29 is 0 Å². The van der Waals surface area contributed by atoms with Gasteiger partial charge in [-0.1, -0.05) is 124 Å². The second kappa shape index (κ2) is 9.89. The fraction of sp³-hybridized carbons (Fsp3) is 0.778. The molecule has 0 atom stereocenters. The summed E-state index contributed by atoms with van der Waals surface area (Å²) in [6, 6.07) is 4.88. The summed E-state index contributed by atoms with van der Waals surface area (Å²) in [5, 5.41) is 2.18. The van der Waals surface area contributed by atoms with Crippen LogP contribution in [0.4, 0.5) is 5.69 Å². The Balaban J connectivity index is 4.50. The van der Waals surface area contributed by atoms with Gasteiger partial charge in [-0.3, -0.25) is 0 Å². The van der Waals surface area contributed by atoms with Crippen LogP contribution in [0.3, 0.4) is 0 Å². The first-order chi connectivity index (χ1) is 14.6. The van der Waals surface area contributed by atoms with Crippen LogP contribution in [0.5, 0.6) is 0 Å². The van der Waals surface area contributed by atoms with Crippen LogP contribution < -0.4 is 5.73 Å². The van der Waals surface area contributed by atoms with E-state index >= 15 is 0 Å². The van der Waals surface area contributed by atoms with Crippen LogP contribution in [0.1, 0.15) is 32.2 Å². The normalized spacial score (nSPS) is 15.1. The second-order valence-corrected chi connectivity index (χ2v) is 51.2. The van der Waals surface area contributed by atoms with Gasteiger partial charge in [0.25, 0.3) is 0 Å². The largest absolute Gasteiger partial charge is 0.399 e. The molecule has 0 aliphatic heterocycles. The van der Waals surface area contributed by atoms with Gasteiger partial charge in [-0.05, 0) is 38.3 Å². The maximum Gasteiger partial charge on any atom is 0.0494 e. The van der Waals surface area contributed by atoms with Gasteiger partial charge in [0.15, 0.2) is 0 Å². The molecule has 1 aromatic carbocycles. The molecule has 0 aliphatic rings. The molecule has 34 heavy (non-hydrogen) atoms. The van der Waals surface area contributed by atoms with E-state index in [-0.39, 0.29) is 0 Å². The van der Waals surface area contributed by atoms with Crippen LogP contribution in [-0.4, -0.2) is 48.4 Å². The molecule has 0 unspecified atom stereocenters. The van der Waals surface area contributed by atoms with Crippen molar-refractivity contribution in [3.05, 3.63) is 28.8 Å². The van der Waals surface area contributed by atoms with Crippen molar-refractivity contribution in [2.75, 3.05) is 5.73 Å². The lowest BCUT2D eigenvalue weighted by molar-refractivity contribution is 1.02. The Morgan fingerprint density at radius 3 is 0.941 bits per heavy atom. The number of anilines is 1. The monoisotopic (exact) mass is 567 g/mol. The van der Waals surface area contributed by atoms with Crippen molar-refractivity contribution >= 4 is 54.1 Å². The van der Waals surface area contributed by atoms with Gasteiger partial charge in [0, 0.05) is 54.1 Å². The number of hydrogen-bond donors (Lipinski definition) is 1. The summed E-state index contributed by atoms with van der Waals surface area (Å²) in [4.78, 5) is 0. The lowest BCUT2D eigenvalue weighted by Gasteiger charge is -2.49. The van der Waals surface area contributed by atoms with Gasteiger partial charge in [-0.25, -0.2) is 0 Å². The predicted octanol–water partition coefficient (Wildman–Crippen LogP) is 9.78. The number of nitrogen functional groups attached to an aromatic ring is 1. The zero-order valence-corrected chi connectivity index (χ0v) is 32.5. The maximum absolute atomic E-state index is 7.13. The molecule has 0 saturated heterocycles. The molecule has 198 valence electrons. The highest BCUT2D eigenvalue weighted by Gasteiger charge is 2.49. The minimum absolute atomic E-state index is 0.689. The molecule has 1 nitrogen and oxygen atoms in total. The van der Waals surface area contributed by atoms with E-state index < -0.39 is 48.4 Å². The molecule has 1 aromatic rings. The minimum atomic E-state index is -1.51. The van der Waals surface area contributed by atoms with Crippen LogP contribution in [0, 0.1) is 0 Å². The molecule has 0 fully saturated rings. The second-order valence-electron chi connectivity index (χ2n) is 17.6. The van der Waals surface area contributed by atoms with Crippen molar-refractivity contribution in [1.82, 2.24) is 0 Å². The summed E-state index contributed by atoms with van der Waals surface area (Å²) < 4.78 is 0. The van der Waals surface area contributed by atoms with Gasteiger partial charge in [-0.2, -0.15) is 0 Å². The van der Waals surface area contributed by atoms with E-state index in [1.807, 2.05) is 0 Å². The molecular weight excluding hydrogens is 507 g/mol. The Morgan fingerprint density at radius 1 is 0.412 bits per heavy atom. The zero-order chi connectivity index (χ0) is 27.5. The Labute approximate surface area is 221 Å². The van der Waals surface area contributed by atoms with E-state index in [0.29, 0.717) is 5.16 Å². The van der Waals surface area contributed by atoms with Crippen molar-refractivity contribution in [2.24, 2.45) is 0 Å². The molecular formula is C27H61NSi6. The Bertz CT molecular complexity index is 810. The molecule has 0 heterocycles. The molecule has 1 rings (SSSR count). The first-order valence-corrected chi connectivity index (χ1v) is 35.0. The van der Waals surface area contributed by atoms with Crippen LogP contribution in [-0.2, 0) is 0 Å². The molecule has 0 saturated carbocycles. The van der Waals surface area contributed by atoms with E-state index in [2.05, 4.69) is 130 Å². The van der Waals surface area contributed by atoms with E-state index in [9.17, 15) is 0 Å². The molecule has 7 heteroatoms. The van der Waals surface area contributed by atoms with Gasteiger partial charge >= 0.3 is 0 Å². The van der Waals surface area contributed by atoms with Crippen molar-refractivity contribution in [2.45, 2.75) is 133 Å². The average molecular weight is 568 g/mol. The standard InChI is InChI=1S/C27H61NSi6/c1-29(2,3)25(30(4,5)6)21-19-20-22(28)24(27(33(13,14)15)34(16,17)18)23(21)26(31(7,8)9)32(10,11)12/h19-20,25-27H,28H2,1-18H3. The fourth-order valence-electron chi connectivity index (χ4n) is 8.13. The topological polar surface area (TPSA) is 26.0 Å². The number of hydrogen-bond acceptors (Lipinski definition) is 1. The Hall–Kier alpha value is 0.321. The van der Waals surface area contributed by atoms with Crippen LogP contribution in [0.15, 0.2) is 12.1 Å². The first-order valence-electron chi connectivity index (χ1n) is 13.5. The van der Waals surface area contributed by atoms with E-state index in [0.717, 1.165) is 16.0 Å². The zero-order valence-electron chi connectivity index (χ0n) is 26.5. The highest BCUT2D eigenvalue weighted by atomic mass is 28.4. The predicted molar refractivity (Wildman–Crippen MR) is 179 cm³/mol. The summed E-state index contributed by atoms with van der Waals surface area (Å²) in [5.74, 6) is 0. The molecule has 0 bridgehead atoms. The van der Waals surface area contributed by atoms with Crippen molar-refractivity contribution in [3.63, 3.8) is 0 Å². The number of rotatable bonds is 9. The maximum atomic E-state index is 7.13. The Morgan fingerprint density at radius 2 is 0.676 bits per heavy atom. The molecule has 0 spiro atoms. The third-order valence-corrected chi connectivity index (χ3v) is 35.2. The molecule has 2 N–H and O–H groups in total. The summed E-state index contributed by atoms with van der Waals surface area (Å²) >= 11 is 0. The molecule has 0 radical (unpaired) electrons. The average Bonchev–Trinajstić information content (AvgIpc) is 2.44. The summed E-state index contributed by atoms with van der Waals surface area (Å²) in [5.41, 5.74) is 13.4. The van der Waals surface area contributed by atoms with Crippen LogP contribution in [0.2, 0.25) is 118 Å². The van der Waals surface area contributed by atoms with Gasteiger partial charge in [0.1, 0.15) is 0 Å². The van der Waals surface area contributed by atoms with E-state index in [1.54, 1.807) is 16.7 Å². The summed E-state index contributed by atoms with van der Waals surface area (Å²) in [6.07, 6.45) is 0. The quantitative estimate of drug-likeness (QED) is 0.233. The van der Waals surface area contributed by atoms with Crippen molar-refractivity contribution in [3.8, 4) is 0 Å². The number of benzene rings is 1. The first kappa shape index (κ1) is 32.4. The van der Waals surface area contributed by atoms with E-state index in [4.69, 9.17) is 5.73 Å². The fourth-order valence-corrected chi connectivity index (χ4v) is 46.4. The SMILES string of the molecule is C[Si](C)(C)C(c1ccc(N)c(C([Si](C)(C)C)[Si](C)(C)C)c1C([Si](C)(C)C)[Si](C)(C)C)[Si](C)(C)C. The van der Waals surface area contributed by atoms with Gasteiger partial charge in [-0.15, -0.1) is 0 Å². The molecule has 0 aliphatic carbocycles. The number of nitrogens with two attached hydrogens (primary N) is 1. The smallest absolute Gasteiger partial charge is 0.0494 e. The van der Waals surface area contributed by atoms with Crippen molar-refractivity contribution in [1.29, 1.82) is 0 Å². The highest BCUT2D eigenvalue weighted by molar-refractivity contribution is 6.98. The molecule has 0 amide bonds. The molecule has 0 aromatic heterocycles. The van der Waals surface area contributed by atoms with Gasteiger partial charge in [0.2, 0.25) is 0 Å². The third-order valence-electron chi connectivity index (χ3n) is 7.44.